The zero-order chi connectivity index (χ0) is 21.8. The molecular formula is C21H21FN6O3. The van der Waals surface area contributed by atoms with Gasteiger partial charge in [0.05, 0.1) is 13.2 Å². The molecule has 2 aromatic heterocycles. The van der Waals surface area contributed by atoms with Crippen LogP contribution in [0.2, 0.25) is 0 Å². The van der Waals surface area contributed by atoms with Crippen molar-refractivity contribution < 1.29 is 18.7 Å². The summed E-state index contributed by atoms with van der Waals surface area (Å²) in [6.07, 6.45) is 1.36. The average Bonchev–Trinajstić information content (AvgIpc) is 2.80. The largest absolute Gasteiger partial charge is 0.424 e. The van der Waals surface area contributed by atoms with Crippen molar-refractivity contribution in [1.82, 2.24) is 24.8 Å². The summed E-state index contributed by atoms with van der Waals surface area (Å²) in [6, 6.07) is 9.57. The molecule has 1 aliphatic heterocycles. The molecule has 0 aliphatic carbocycles. The molecule has 3 aromatic rings. The van der Waals surface area contributed by atoms with E-state index in [-0.39, 0.29) is 11.9 Å². The first-order valence-electron chi connectivity index (χ1n) is 9.70. The number of rotatable bonds is 5. The van der Waals surface area contributed by atoms with Crippen LogP contribution in [0, 0.1) is 5.95 Å². The molecule has 9 nitrogen and oxygen atoms in total. The highest BCUT2D eigenvalue weighted by molar-refractivity contribution is 5.93. The number of carbonyl (C=O) groups is 1. The van der Waals surface area contributed by atoms with Gasteiger partial charge in [-0.05, 0) is 36.4 Å². The molecule has 0 unspecified atom stereocenters. The van der Waals surface area contributed by atoms with Gasteiger partial charge in [-0.2, -0.15) is 19.3 Å². The van der Waals surface area contributed by atoms with Gasteiger partial charge in [-0.3, -0.25) is 4.79 Å². The van der Waals surface area contributed by atoms with Gasteiger partial charge in [-0.25, -0.2) is 4.98 Å². The smallest absolute Gasteiger partial charge is 0.327 e. The molecule has 1 fully saturated rings. The summed E-state index contributed by atoms with van der Waals surface area (Å²) < 4.78 is 24.5. The lowest BCUT2D eigenvalue weighted by Crippen LogP contribution is -2.37. The number of carbonyl (C=O) groups excluding carboxylic acids is 1. The van der Waals surface area contributed by atoms with Crippen LogP contribution < -0.4 is 9.64 Å². The van der Waals surface area contributed by atoms with Gasteiger partial charge < -0.3 is 19.3 Å². The van der Waals surface area contributed by atoms with E-state index in [1.54, 1.807) is 44.4 Å². The van der Waals surface area contributed by atoms with E-state index in [0.717, 1.165) is 0 Å². The number of amides is 1. The molecule has 1 aliphatic rings. The molecule has 10 heteroatoms. The Morgan fingerprint density at radius 3 is 2.45 bits per heavy atom. The molecule has 0 N–H and O–H groups in total. The van der Waals surface area contributed by atoms with Crippen molar-refractivity contribution in [2.24, 2.45) is 0 Å². The van der Waals surface area contributed by atoms with Gasteiger partial charge in [-0.1, -0.05) is 0 Å². The van der Waals surface area contributed by atoms with Crippen molar-refractivity contribution in [3.05, 3.63) is 54.1 Å². The predicted molar refractivity (Wildman–Crippen MR) is 111 cm³/mol. The summed E-state index contributed by atoms with van der Waals surface area (Å²) in [7, 11) is 3.38. The van der Waals surface area contributed by atoms with Gasteiger partial charge in [0.15, 0.2) is 5.82 Å². The minimum Gasteiger partial charge on any atom is -0.424 e. The first kappa shape index (κ1) is 20.6. The van der Waals surface area contributed by atoms with E-state index in [0.29, 0.717) is 55.0 Å². The number of aromatic nitrogens is 4. The summed E-state index contributed by atoms with van der Waals surface area (Å²) in [5, 5.41) is 0. The number of halogens is 1. The molecule has 0 atom stereocenters. The third kappa shape index (κ3) is 4.92. The molecule has 0 saturated carbocycles. The van der Waals surface area contributed by atoms with E-state index >= 15 is 0 Å². The second kappa shape index (κ2) is 9.00. The number of benzene rings is 1. The maximum Gasteiger partial charge on any atom is 0.327 e. The molecule has 31 heavy (non-hydrogen) atoms. The minimum atomic E-state index is -0.588. The van der Waals surface area contributed by atoms with Crippen molar-refractivity contribution in [2.75, 3.05) is 45.3 Å². The Morgan fingerprint density at radius 2 is 1.81 bits per heavy atom. The highest BCUT2D eigenvalue weighted by atomic mass is 19.1. The molecule has 160 valence electrons. The number of nitrogens with zero attached hydrogens (tertiary/aromatic N) is 6. The highest BCUT2D eigenvalue weighted by Gasteiger charge is 2.18. The Labute approximate surface area is 178 Å². The van der Waals surface area contributed by atoms with Crippen LogP contribution in [0.3, 0.4) is 0 Å². The fraction of sp³-hybridized carbons (Fsp3) is 0.286. The Balaban J connectivity index is 1.65. The SMILES string of the molecule is CN(C)C(=O)c1ccc(Oc2nc(-c3ccc(F)nc3)nc(N3CCOCC3)n2)cc1. The Hall–Kier alpha value is -3.66. The minimum absolute atomic E-state index is 0.0857. The lowest BCUT2D eigenvalue weighted by atomic mass is 10.2. The number of anilines is 1. The van der Waals surface area contributed by atoms with Crippen LogP contribution in [0.15, 0.2) is 42.6 Å². The van der Waals surface area contributed by atoms with Gasteiger partial charge >= 0.3 is 6.01 Å². The van der Waals surface area contributed by atoms with Gasteiger partial charge in [0, 0.05) is 44.5 Å². The molecule has 4 rings (SSSR count). The van der Waals surface area contributed by atoms with E-state index in [2.05, 4.69) is 19.9 Å². The summed E-state index contributed by atoms with van der Waals surface area (Å²) >= 11 is 0. The normalized spacial score (nSPS) is 13.7. The van der Waals surface area contributed by atoms with E-state index in [1.807, 2.05) is 4.90 Å². The Morgan fingerprint density at radius 1 is 1.06 bits per heavy atom. The molecule has 3 heterocycles. The zero-order valence-electron chi connectivity index (χ0n) is 17.2. The summed E-state index contributed by atoms with van der Waals surface area (Å²) in [5.41, 5.74) is 1.08. The third-order valence-corrected chi connectivity index (χ3v) is 4.60. The summed E-state index contributed by atoms with van der Waals surface area (Å²) in [5.74, 6) is 0.533. The van der Waals surface area contributed by atoms with Gasteiger partial charge in [0.2, 0.25) is 11.9 Å². The lowest BCUT2D eigenvalue weighted by molar-refractivity contribution is 0.0827. The van der Waals surface area contributed by atoms with Crippen molar-refractivity contribution in [3.63, 3.8) is 0 Å². The molecule has 1 aromatic carbocycles. The Kier molecular flexibility index (Phi) is 5.99. The monoisotopic (exact) mass is 424 g/mol. The van der Waals surface area contributed by atoms with Crippen LogP contribution in [0.25, 0.3) is 11.4 Å². The highest BCUT2D eigenvalue weighted by Crippen LogP contribution is 2.25. The quantitative estimate of drug-likeness (QED) is 0.577. The van der Waals surface area contributed by atoms with Crippen LogP contribution in [-0.2, 0) is 4.74 Å². The molecule has 0 spiro atoms. The fourth-order valence-electron chi connectivity index (χ4n) is 2.96. The Bertz CT molecular complexity index is 1050. The maximum absolute atomic E-state index is 13.2. The maximum atomic E-state index is 13.2. The molecule has 1 amide bonds. The predicted octanol–water partition coefficient (Wildman–Crippen LogP) is 2.40. The van der Waals surface area contributed by atoms with E-state index < -0.39 is 5.95 Å². The second-order valence-corrected chi connectivity index (χ2v) is 7.04. The number of pyridine rings is 1. The van der Waals surface area contributed by atoms with Gasteiger partial charge in [0.1, 0.15) is 5.75 Å². The van der Waals surface area contributed by atoms with E-state index in [4.69, 9.17) is 9.47 Å². The van der Waals surface area contributed by atoms with E-state index in [1.165, 1.54) is 17.2 Å². The average molecular weight is 424 g/mol. The van der Waals surface area contributed by atoms with E-state index in [9.17, 15) is 9.18 Å². The number of ether oxygens (including phenoxy) is 2. The first-order chi connectivity index (χ1) is 15.0. The number of hydrogen-bond acceptors (Lipinski definition) is 8. The van der Waals surface area contributed by atoms with Gasteiger partial charge in [-0.15, -0.1) is 0 Å². The number of morpholine rings is 1. The molecule has 0 radical (unpaired) electrons. The van der Waals surface area contributed by atoms with Crippen molar-refractivity contribution in [2.45, 2.75) is 0 Å². The molecule has 1 saturated heterocycles. The lowest BCUT2D eigenvalue weighted by Gasteiger charge is -2.27. The van der Waals surface area contributed by atoms with Crippen LogP contribution in [0.5, 0.6) is 11.8 Å². The summed E-state index contributed by atoms with van der Waals surface area (Å²) in [4.78, 5) is 32.5. The van der Waals surface area contributed by atoms with Crippen LogP contribution >= 0.6 is 0 Å². The zero-order valence-corrected chi connectivity index (χ0v) is 17.2. The van der Waals surface area contributed by atoms with Gasteiger partial charge in [0.25, 0.3) is 5.91 Å². The third-order valence-electron chi connectivity index (χ3n) is 4.60. The number of hydrogen-bond donors (Lipinski definition) is 0. The fourth-order valence-corrected chi connectivity index (χ4v) is 2.96. The van der Waals surface area contributed by atoms with Crippen molar-refractivity contribution >= 4 is 11.9 Å². The first-order valence-corrected chi connectivity index (χ1v) is 9.70. The van der Waals surface area contributed by atoms with Crippen LogP contribution in [0.1, 0.15) is 10.4 Å². The van der Waals surface area contributed by atoms with Crippen LogP contribution in [-0.4, -0.2) is 71.1 Å². The van der Waals surface area contributed by atoms with Crippen molar-refractivity contribution in [3.8, 4) is 23.1 Å². The summed E-state index contributed by atoms with van der Waals surface area (Å²) in [6.45, 7) is 2.39. The molecule has 0 bridgehead atoms. The topological polar surface area (TPSA) is 93.6 Å². The second-order valence-electron chi connectivity index (χ2n) is 7.04. The van der Waals surface area contributed by atoms with Crippen LogP contribution in [0.4, 0.5) is 10.3 Å². The standard InChI is InChI=1S/C21H21FN6O3/c1-27(2)19(29)14-3-6-16(7-4-14)31-21-25-18(15-5-8-17(22)23-13-15)24-20(26-21)28-9-11-30-12-10-28/h3-8,13H,9-12H2,1-2H3. The molecular weight excluding hydrogens is 403 g/mol. The van der Waals surface area contributed by atoms with Crippen molar-refractivity contribution in [1.29, 1.82) is 0 Å².